The molecule has 2 saturated heterocycles. The van der Waals surface area contributed by atoms with E-state index in [9.17, 15) is 18.4 Å². The molecule has 1 atom stereocenters. The topological polar surface area (TPSA) is 66.6 Å². The highest BCUT2D eigenvalue weighted by molar-refractivity contribution is 5.94. The van der Waals surface area contributed by atoms with Gasteiger partial charge in [0.2, 0.25) is 5.91 Å². The fraction of sp³-hybridized carbons (Fsp3) is 0.529. The number of nitrogens with zero attached hydrogens (tertiary/aromatic N) is 2. The molecule has 2 fully saturated rings. The number of primary amides is 1. The lowest BCUT2D eigenvalue weighted by Crippen LogP contribution is -2.51. The third-order valence-electron chi connectivity index (χ3n) is 5.00. The number of rotatable bonds is 3. The van der Waals surface area contributed by atoms with Gasteiger partial charge in [-0.1, -0.05) is 0 Å². The third kappa shape index (κ3) is 3.26. The maximum Gasteiger partial charge on any atom is 0.256 e. The summed E-state index contributed by atoms with van der Waals surface area (Å²) < 4.78 is 26.7. The zero-order valence-electron chi connectivity index (χ0n) is 13.4. The van der Waals surface area contributed by atoms with Crippen molar-refractivity contribution in [3.63, 3.8) is 0 Å². The number of carbonyl (C=O) groups is 2. The molecule has 0 unspecified atom stereocenters. The molecule has 24 heavy (non-hydrogen) atoms. The van der Waals surface area contributed by atoms with Crippen molar-refractivity contribution in [3.05, 3.63) is 35.4 Å². The summed E-state index contributed by atoms with van der Waals surface area (Å²) in [6, 6.07) is 2.99. The Kier molecular flexibility index (Phi) is 4.80. The zero-order chi connectivity index (χ0) is 17.3. The molecule has 0 saturated carbocycles. The summed E-state index contributed by atoms with van der Waals surface area (Å²) in [7, 11) is 0. The molecule has 1 aromatic rings. The van der Waals surface area contributed by atoms with Gasteiger partial charge in [0.05, 0.1) is 11.6 Å². The SMILES string of the molecule is NC(=O)[C@@H]1CCCN1C1CCN(C(=O)c2ccc(F)cc2F)CC1. The maximum atomic E-state index is 13.8. The molecule has 2 N–H and O–H groups in total. The zero-order valence-corrected chi connectivity index (χ0v) is 13.4. The van der Waals surface area contributed by atoms with E-state index in [1.54, 1.807) is 4.90 Å². The average molecular weight is 337 g/mol. The van der Waals surface area contributed by atoms with Gasteiger partial charge in [0, 0.05) is 25.2 Å². The Balaban J connectivity index is 1.62. The summed E-state index contributed by atoms with van der Waals surface area (Å²) in [6.45, 7) is 1.82. The number of amides is 2. The van der Waals surface area contributed by atoms with Gasteiger partial charge in [-0.25, -0.2) is 8.78 Å². The van der Waals surface area contributed by atoms with Gasteiger partial charge in [0.1, 0.15) is 11.6 Å². The second-order valence-corrected chi connectivity index (χ2v) is 6.45. The van der Waals surface area contributed by atoms with E-state index < -0.39 is 17.5 Å². The number of piperidine rings is 1. The van der Waals surface area contributed by atoms with E-state index in [4.69, 9.17) is 5.73 Å². The van der Waals surface area contributed by atoms with Crippen LogP contribution in [0.25, 0.3) is 0 Å². The van der Waals surface area contributed by atoms with E-state index >= 15 is 0 Å². The molecule has 1 aromatic carbocycles. The lowest BCUT2D eigenvalue weighted by atomic mass is 10.0. The van der Waals surface area contributed by atoms with E-state index in [1.165, 1.54) is 6.07 Å². The standard InChI is InChI=1S/C17H21F2N3O2/c18-11-3-4-13(14(19)10-11)17(24)21-8-5-12(6-9-21)22-7-1-2-15(22)16(20)23/h3-4,10,12,15H,1-2,5-9H2,(H2,20,23)/t15-/m0/s1. The van der Waals surface area contributed by atoms with E-state index in [1.807, 2.05) is 0 Å². The Labute approximate surface area is 139 Å². The first-order chi connectivity index (χ1) is 11.5. The second kappa shape index (κ2) is 6.84. The molecule has 2 amide bonds. The van der Waals surface area contributed by atoms with E-state index in [2.05, 4.69) is 4.90 Å². The first-order valence-corrected chi connectivity index (χ1v) is 8.27. The van der Waals surface area contributed by atoms with Crippen LogP contribution in [0, 0.1) is 11.6 Å². The quantitative estimate of drug-likeness (QED) is 0.909. The largest absolute Gasteiger partial charge is 0.368 e. The van der Waals surface area contributed by atoms with Gasteiger partial charge in [-0.3, -0.25) is 14.5 Å². The van der Waals surface area contributed by atoms with Gasteiger partial charge >= 0.3 is 0 Å². The molecule has 2 heterocycles. The Morgan fingerprint density at radius 3 is 2.42 bits per heavy atom. The minimum Gasteiger partial charge on any atom is -0.368 e. The molecule has 130 valence electrons. The monoisotopic (exact) mass is 337 g/mol. The fourth-order valence-electron chi connectivity index (χ4n) is 3.77. The molecule has 2 aliphatic heterocycles. The van der Waals surface area contributed by atoms with E-state index in [0.29, 0.717) is 13.1 Å². The number of benzene rings is 1. The predicted molar refractivity (Wildman–Crippen MR) is 84.2 cm³/mol. The average Bonchev–Trinajstić information content (AvgIpc) is 3.04. The van der Waals surface area contributed by atoms with Crippen molar-refractivity contribution >= 4 is 11.8 Å². The number of halogens is 2. The Hall–Kier alpha value is -2.02. The highest BCUT2D eigenvalue weighted by Gasteiger charge is 2.36. The minimum atomic E-state index is -0.838. The molecular weight excluding hydrogens is 316 g/mol. The molecule has 0 bridgehead atoms. The molecule has 0 aliphatic carbocycles. The molecule has 3 rings (SSSR count). The van der Waals surface area contributed by atoms with Crippen LogP contribution in [-0.2, 0) is 4.79 Å². The molecule has 5 nitrogen and oxygen atoms in total. The number of likely N-dealkylation sites (tertiary alicyclic amines) is 2. The van der Waals surface area contributed by atoms with Crippen LogP contribution in [0.5, 0.6) is 0 Å². The van der Waals surface area contributed by atoms with Gasteiger partial charge in [-0.15, -0.1) is 0 Å². The van der Waals surface area contributed by atoms with Crippen molar-refractivity contribution in [3.8, 4) is 0 Å². The Morgan fingerprint density at radius 1 is 1.08 bits per heavy atom. The third-order valence-corrected chi connectivity index (χ3v) is 5.00. The van der Waals surface area contributed by atoms with Crippen LogP contribution in [0.15, 0.2) is 18.2 Å². The lowest BCUT2D eigenvalue weighted by molar-refractivity contribution is -0.123. The smallest absolute Gasteiger partial charge is 0.256 e. The highest BCUT2D eigenvalue weighted by atomic mass is 19.1. The number of hydrogen-bond donors (Lipinski definition) is 1. The number of nitrogens with two attached hydrogens (primary N) is 1. The lowest BCUT2D eigenvalue weighted by Gasteiger charge is -2.38. The highest BCUT2D eigenvalue weighted by Crippen LogP contribution is 2.26. The summed E-state index contributed by atoms with van der Waals surface area (Å²) >= 11 is 0. The first kappa shape index (κ1) is 16.8. The molecule has 0 radical (unpaired) electrons. The van der Waals surface area contributed by atoms with Crippen LogP contribution in [-0.4, -0.2) is 53.3 Å². The first-order valence-electron chi connectivity index (χ1n) is 8.27. The molecule has 7 heteroatoms. The summed E-state index contributed by atoms with van der Waals surface area (Å²) in [6.07, 6.45) is 3.18. The normalized spacial score (nSPS) is 22.8. The van der Waals surface area contributed by atoms with Crippen LogP contribution < -0.4 is 5.73 Å². The Bertz CT molecular complexity index is 645. The van der Waals surface area contributed by atoms with Gasteiger partial charge in [0.25, 0.3) is 5.91 Å². The van der Waals surface area contributed by atoms with Crippen molar-refractivity contribution < 1.29 is 18.4 Å². The molecule has 2 aliphatic rings. The summed E-state index contributed by atoms with van der Waals surface area (Å²) in [5.74, 6) is -2.25. The Morgan fingerprint density at radius 2 is 1.79 bits per heavy atom. The molecule has 0 aromatic heterocycles. The van der Waals surface area contributed by atoms with E-state index in [-0.39, 0.29) is 23.6 Å². The van der Waals surface area contributed by atoms with Crippen LogP contribution >= 0.6 is 0 Å². The van der Waals surface area contributed by atoms with Crippen molar-refractivity contribution in [2.45, 2.75) is 37.8 Å². The van der Waals surface area contributed by atoms with Crippen molar-refractivity contribution in [2.24, 2.45) is 5.73 Å². The fourth-order valence-corrected chi connectivity index (χ4v) is 3.77. The van der Waals surface area contributed by atoms with Gasteiger partial charge in [0.15, 0.2) is 0 Å². The maximum absolute atomic E-state index is 13.8. The molecular formula is C17H21F2N3O2. The second-order valence-electron chi connectivity index (χ2n) is 6.45. The number of carbonyl (C=O) groups excluding carboxylic acids is 2. The van der Waals surface area contributed by atoms with Crippen molar-refractivity contribution in [1.82, 2.24) is 9.80 Å². The van der Waals surface area contributed by atoms with Gasteiger partial charge in [-0.2, -0.15) is 0 Å². The summed E-state index contributed by atoms with van der Waals surface area (Å²) in [5.41, 5.74) is 5.35. The van der Waals surface area contributed by atoms with E-state index in [0.717, 1.165) is 44.4 Å². The minimum absolute atomic E-state index is 0.106. The molecule has 0 spiro atoms. The van der Waals surface area contributed by atoms with Crippen molar-refractivity contribution in [2.75, 3.05) is 19.6 Å². The van der Waals surface area contributed by atoms with Crippen LogP contribution in [0.4, 0.5) is 8.78 Å². The van der Waals surface area contributed by atoms with Crippen molar-refractivity contribution in [1.29, 1.82) is 0 Å². The van der Waals surface area contributed by atoms with Crippen LogP contribution in [0.2, 0.25) is 0 Å². The number of hydrogen-bond acceptors (Lipinski definition) is 3. The van der Waals surface area contributed by atoms with Crippen LogP contribution in [0.1, 0.15) is 36.0 Å². The predicted octanol–water partition coefficient (Wildman–Crippen LogP) is 1.52. The summed E-state index contributed by atoms with van der Waals surface area (Å²) in [5, 5.41) is 0. The van der Waals surface area contributed by atoms with Crippen LogP contribution in [0.3, 0.4) is 0 Å². The van der Waals surface area contributed by atoms with Gasteiger partial charge in [-0.05, 0) is 44.4 Å². The summed E-state index contributed by atoms with van der Waals surface area (Å²) in [4.78, 5) is 27.7. The van der Waals surface area contributed by atoms with Gasteiger partial charge < -0.3 is 10.6 Å².